The molecule has 0 saturated carbocycles. The molecule has 3 N–H and O–H groups in total. The second-order valence-corrected chi connectivity index (χ2v) is 7.82. The highest BCUT2D eigenvalue weighted by Gasteiger charge is 2.17. The van der Waals surface area contributed by atoms with Gasteiger partial charge in [-0.05, 0) is 36.8 Å². The van der Waals surface area contributed by atoms with E-state index in [0.717, 1.165) is 10.9 Å². The second kappa shape index (κ2) is 9.36. The molecule has 1 aliphatic heterocycles. The number of nitrogens with zero attached hydrogens (tertiary/aromatic N) is 1. The molecule has 0 fully saturated rings. The van der Waals surface area contributed by atoms with Crippen LogP contribution in [0.25, 0.3) is 10.9 Å². The lowest BCUT2D eigenvalue weighted by Gasteiger charge is -2.27. The first-order chi connectivity index (χ1) is 15.0. The minimum atomic E-state index is -0.203. The minimum Gasteiger partial charge on any atom is -0.486 e. The first-order valence-electron chi connectivity index (χ1n) is 10.2. The van der Waals surface area contributed by atoms with Crippen LogP contribution in [-0.2, 0) is 6.54 Å². The van der Waals surface area contributed by atoms with Crippen molar-refractivity contribution in [2.45, 2.75) is 19.5 Å². The summed E-state index contributed by atoms with van der Waals surface area (Å²) in [6.07, 6.45) is 0. The average molecular weight is 440 g/mol. The molecular weight excluding hydrogens is 414 g/mol. The van der Waals surface area contributed by atoms with E-state index in [2.05, 4.69) is 10.3 Å². The Kier molecular flexibility index (Phi) is 6.39. The summed E-state index contributed by atoms with van der Waals surface area (Å²) in [5.74, 6) is 1.29. The van der Waals surface area contributed by atoms with E-state index in [1.807, 2.05) is 49.4 Å². The molecule has 1 aliphatic rings. The summed E-state index contributed by atoms with van der Waals surface area (Å²) in [5, 5.41) is 14.2. The molecule has 0 bridgehead atoms. The molecule has 8 heteroatoms. The van der Waals surface area contributed by atoms with Gasteiger partial charge in [0.05, 0.1) is 24.7 Å². The van der Waals surface area contributed by atoms with Crippen LogP contribution >= 0.6 is 12.2 Å². The van der Waals surface area contributed by atoms with Crippen molar-refractivity contribution in [2.75, 3.05) is 26.4 Å². The summed E-state index contributed by atoms with van der Waals surface area (Å²) >= 11 is 5.59. The third kappa shape index (κ3) is 4.81. The zero-order valence-electron chi connectivity index (χ0n) is 17.3. The molecule has 1 atom stereocenters. The average Bonchev–Trinajstić information content (AvgIpc) is 2.78. The van der Waals surface area contributed by atoms with Gasteiger partial charge in [0.15, 0.2) is 16.6 Å². The van der Waals surface area contributed by atoms with E-state index < -0.39 is 0 Å². The predicted molar refractivity (Wildman–Crippen MR) is 124 cm³/mol. The Morgan fingerprint density at radius 1 is 1.19 bits per heavy atom. The van der Waals surface area contributed by atoms with Crippen LogP contribution in [0, 0.1) is 0 Å². The van der Waals surface area contributed by atoms with Crippen LogP contribution in [0.15, 0.2) is 53.3 Å². The van der Waals surface area contributed by atoms with Gasteiger partial charge in [0, 0.05) is 23.6 Å². The molecule has 7 nitrogen and oxygen atoms in total. The van der Waals surface area contributed by atoms with Gasteiger partial charge >= 0.3 is 0 Å². The van der Waals surface area contributed by atoms with E-state index >= 15 is 0 Å². The van der Waals surface area contributed by atoms with Crippen LogP contribution in [0.4, 0.5) is 0 Å². The Morgan fingerprint density at radius 3 is 2.61 bits per heavy atom. The number of aliphatic hydroxyl groups excluding tert-OH is 1. The number of rotatable bonds is 6. The minimum absolute atomic E-state index is 0.00606. The van der Waals surface area contributed by atoms with Crippen molar-refractivity contribution in [1.82, 2.24) is 15.2 Å². The molecule has 0 radical (unpaired) electrons. The number of aromatic nitrogens is 1. The summed E-state index contributed by atoms with van der Waals surface area (Å²) in [7, 11) is 0. The summed E-state index contributed by atoms with van der Waals surface area (Å²) < 4.78 is 11.2. The maximum absolute atomic E-state index is 12.7. The zero-order valence-corrected chi connectivity index (χ0v) is 18.1. The highest BCUT2D eigenvalue weighted by molar-refractivity contribution is 7.80. The van der Waals surface area contributed by atoms with Crippen molar-refractivity contribution in [3.63, 3.8) is 0 Å². The molecule has 0 saturated heterocycles. The number of nitrogens with one attached hydrogen (secondary N) is 2. The van der Waals surface area contributed by atoms with E-state index in [0.29, 0.717) is 47.5 Å². The first kappa shape index (κ1) is 21.1. The van der Waals surface area contributed by atoms with Crippen molar-refractivity contribution < 1.29 is 14.6 Å². The monoisotopic (exact) mass is 439 g/mol. The smallest absolute Gasteiger partial charge is 0.253 e. The molecule has 0 unspecified atom stereocenters. The van der Waals surface area contributed by atoms with Gasteiger partial charge < -0.3 is 29.8 Å². The van der Waals surface area contributed by atoms with Crippen molar-refractivity contribution in [2.24, 2.45) is 0 Å². The molecule has 31 heavy (non-hydrogen) atoms. The van der Waals surface area contributed by atoms with Crippen LogP contribution < -0.4 is 20.3 Å². The molecule has 2 heterocycles. The van der Waals surface area contributed by atoms with E-state index in [-0.39, 0.29) is 24.8 Å². The lowest BCUT2D eigenvalue weighted by molar-refractivity contribution is 0.172. The Bertz CT molecular complexity index is 1130. The molecule has 2 aromatic carbocycles. The number of aromatic amines is 1. The number of thiocarbonyl (C=S) groups is 1. The number of fused-ring (bicyclic) bond motifs is 2. The molecular formula is C23H25N3O4S. The quantitative estimate of drug-likeness (QED) is 0.509. The summed E-state index contributed by atoms with van der Waals surface area (Å²) in [6.45, 7) is 3.51. The van der Waals surface area contributed by atoms with Gasteiger partial charge in [0.25, 0.3) is 5.56 Å². The van der Waals surface area contributed by atoms with Crippen LogP contribution in [0.2, 0.25) is 0 Å². The largest absolute Gasteiger partial charge is 0.486 e. The maximum atomic E-state index is 12.7. The van der Waals surface area contributed by atoms with Crippen molar-refractivity contribution in [3.05, 3.63) is 70.0 Å². The fraction of sp³-hybridized carbons (Fsp3) is 0.304. The number of hydrogen-bond acceptors (Lipinski definition) is 5. The van der Waals surface area contributed by atoms with Crippen LogP contribution in [0.1, 0.15) is 24.1 Å². The highest BCUT2D eigenvalue weighted by atomic mass is 32.1. The number of hydrogen-bond donors (Lipinski definition) is 3. The van der Waals surface area contributed by atoms with Crippen molar-refractivity contribution in [3.8, 4) is 11.5 Å². The molecule has 1 aromatic heterocycles. The van der Waals surface area contributed by atoms with Crippen molar-refractivity contribution in [1.29, 1.82) is 0 Å². The number of H-pyrrole nitrogens is 1. The molecule has 0 amide bonds. The summed E-state index contributed by atoms with van der Waals surface area (Å²) in [4.78, 5) is 17.4. The fourth-order valence-electron chi connectivity index (χ4n) is 3.59. The van der Waals surface area contributed by atoms with Gasteiger partial charge in [-0.3, -0.25) is 4.79 Å². The highest BCUT2D eigenvalue weighted by Crippen LogP contribution is 2.33. The Hall–Kier alpha value is -3.10. The van der Waals surface area contributed by atoms with E-state index in [1.54, 1.807) is 11.0 Å². The van der Waals surface area contributed by atoms with Gasteiger partial charge in [0.1, 0.15) is 13.2 Å². The van der Waals surface area contributed by atoms with Gasteiger partial charge in [-0.2, -0.15) is 0 Å². The van der Waals surface area contributed by atoms with Gasteiger partial charge in [-0.15, -0.1) is 0 Å². The lowest BCUT2D eigenvalue weighted by Crippen LogP contribution is -2.42. The lowest BCUT2D eigenvalue weighted by atomic mass is 10.1. The predicted octanol–water partition coefficient (Wildman–Crippen LogP) is 2.73. The molecule has 4 rings (SSSR count). The number of pyridine rings is 1. The molecule has 3 aromatic rings. The Morgan fingerprint density at radius 2 is 1.90 bits per heavy atom. The summed E-state index contributed by atoms with van der Waals surface area (Å²) in [5.41, 5.74) is 2.13. The maximum Gasteiger partial charge on any atom is 0.253 e. The fourth-order valence-corrected chi connectivity index (χ4v) is 3.92. The molecule has 162 valence electrons. The number of aliphatic hydroxyl groups is 1. The molecule has 0 aliphatic carbocycles. The SMILES string of the molecule is C[C@@H](NC(=S)N(CCO)Cc1cc2cc3c(cc2[nH]c1=O)OCCO3)c1ccccc1. The van der Waals surface area contributed by atoms with Crippen LogP contribution in [0.3, 0.4) is 0 Å². The van der Waals surface area contributed by atoms with Gasteiger partial charge in [0.2, 0.25) is 0 Å². The Balaban J connectivity index is 1.56. The first-order valence-corrected chi connectivity index (χ1v) is 10.6. The zero-order chi connectivity index (χ0) is 21.8. The normalized spacial score (nSPS) is 13.6. The van der Waals surface area contributed by atoms with Gasteiger partial charge in [-0.1, -0.05) is 30.3 Å². The third-order valence-electron chi connectivity index (χ3n) is 5.24. The van der Waals surface area contributed by atoms with E-state index in [9.17, 15) is 9.90 Å². The van der Waals surface area contributed by atoms with Crippen LogP contribution in [-0.4, -0.2) is 46.5 Å². The van der Waals surface area contributed by atoms with Crippen molar-refractivity contribution >= 4 is 28.2 Å². The van der Waals surface area contributed by atoms with Gasteiger partial charge in [-0.25, -0.2) is 0 Å². The number of benzene rings is 2. The topological polar surface area (TPSA) is 86.8 Å². The molecule has 0 spiro atoms. The van der Waals surface area contributed by atoms with E-state index in [1.165, 1.54) is 0 Å². The van der Waals surface area contributed by atoms with Crippen LogP contribution in [0.5, 0.6) is 11.5 Å². The third-order valence-corrected chi connectivity index (χ3v) is 5.62. The number of ether oxygens (including phenoxy) is 2. The Labute approximate surface area is 185 Å². The summed E-state index contributed by atoms with van der Waals surface area (Å²) in [6, 6.07) is 15.4. The standard InChI is InChI=1S/C23H25N3O4S/c1-15(16-5-3-2-4-6-16)24-23(31)26(7-8-27)14-18-11-17-12-20-21(30-10-9-29-20)13-19(17)25-22(18)28/h2-6,11-13,15,27H,7-10,14H2,1H3,(H,24,31)(H,25,28)/t15-/m1/s1. The van der Waals surface area contributed by atoms with E-state index in [4.69, 9.17) is 21.7 Å². The second-order valence-electron chi connectivity index (χ2n) is 7.43.